The molecule has 2 rings (SSSR count). The average Bonchev–Trinajstić information content (AvgIpc) is 2.62. The molecule has 1 saturated carbocycles. The van der Waals surface area contributed by atoms with Crippen LogP contribution in [0.3, 0.4) is 0 Å². The fourth-order valence-corrected chi connectivity index (χ4v) is 1.27. The monoisotopic (exact) mass is 179 g/mol. The second kappa shape index (κ2) is 2.88. The number of nitrogens with zero attached hydrogens (tertiary/aromatic N) is 1. The Kier molecular flexibility index (Phi) is 1.84. The molecule has 0 aliphatic heterocycles. The number of aromatic nitrogens is 1. The van der Waals surface area contributed by atoms with Gasteiger partial charge in [-0.05, 0) is 12.5 Å². The van der Waals surface area contributed by atoms with E-state index in [2.05, 4.69) is 5.32 Å². The van der Waals surface area contributed by atoms with Crippen LogP contribution in [0, 0.1) is 0 Å². The van der Waals surface area contributed by atoms with E-state index in [9.17, 15) is 4.79 Å². The van der Waals surface area contributed by atoms with Crippen LogP contribution in [0.5, 0.6) is 0 Å². The normalized spacial score (nSPS) is 25.7. The second-order valence-electron chi connectivity index (χ2n) is 3.55. The molecule has 1 aliphatic rings. The lowest BCUT2D eigenvalue weighted by molar-refractivity contribution is 0.0950. The second-order valence-corrected chi connectivity index (χ2v) is 3.55. The SMILES string of the molecule is Cn1ccc(C(=O)NC2CC2N)c1. The van der Waals surface area contributed by atoms with Gasteiger partial charge in [0.05, 0.1) is 5.56 Å². The van der Waals surface area contributed by atoms with E-state index in [1.54, 1.807) is 12.3 Å². The van der Waals surface area contributed by atoms with Gasteiger partial charge >= 0.3 is 0 Å². The van der Waals surface area contributed by atoms with Gasteiger partial charge in [0.2, 0.25) is 0 Å². The van der Waals surface area contributed by atoms with Crippen molar-refractivity contribution in [3.8, 4) is 0 Å². The van der Waals surface area contributed by atoms with E-state index in [4.69, 9.17) is 5.73 Å². The molecule has 0 aromatic carbocycles. The van der Waals surface area contributed by atoms with Crippen LogP contribution in [0.2, 0.25) is 0 Å². The minimum absolute atomic E-state index is 0.0291. The molecule has 1 aromatic heterocycles. The first-order chi connectivity index (χ1) is 6.16. The number of hydrogen-bond donors (Lipinski definition) is 2. The van der Waals surface area contributed by atoms with E-state index in [1.165, 1.54) is 0 Å². The Balaban J connectivity index is 1.97. The molecule has 4 heteroatoms. The number of carbonyl (C=O) groups excluding carboxylic acids is 1. The number of carbonyl (C=O) groups is 1. The smallest absolute Gasteiger partial charge is 0.253 e. The van der Waals surface area contributed by atoms with Crippen molar-refractivity contribution in [3.05, 3.63) is 24.0 Å². The van der Waals surface area contributed by atoms with Gasteiger partial charge in [-0.25, -0.2) is 0 Å². The molecule has 13 heavy (non-hydrogen) atoms. The molecule has 0 radical (unpaired) electrons. The molecule has 1 amide bonds. The van der Waals surface area contributed by atoms with Crippen molar-refractivity contribution >= 4 is 5.91 Å². The van der Waals surface area contributed by atoms with Crippen molar-refractivity contribution in [2.45, 2.75) is 18.5 Å². The fraction of sp³-hybridized carbons (Fsp3) is 0.444. The number of amides is 1. The average molecular weight is 179 g/mol. The summed E-state index contributed by atoms with van der Waals surface area (Å²) in [6.07, 6.45) is 4.55. The Morgan fingerprint density at radius 1 is 1.77 bits per heavy atom. The zero-order valence-electron chi connectivity index (χ0n) is 7.53. The van der Waals surface area contributed by atoms with Crippen molar-refractivity contribution in [2.24, 2.45) is 12.8 Å². The summed E-state index contributed by atoms with van der Waals surface area (Å²) in [4.78, 5) is 11.5. The van der Waals surface area contributed by atoms with Crippen LogP contribution < -0.4 is 11.1 Å². The van der Waals surface area contributed by atoms with E-state index >= 15 is 0 Å². The quantitative estimate of drug-likeness (QED) is 0.663. The lowest BCUT2D eigenvalue weighted by Gasteiger charge is -2.00. The number of hydrogen-bond acceptors (Lipinski definition) is 2. The van der Waals surface area contributed by atoms with Crippen LogP contribution >= 0.6 is 0 Å². The van der Waals surface area contributed by atoms with Crippen LogP contribution in [0.25, 0.3) is 0 Å². The zero-order chi connectivity index (χ0) is 9.42. The summed E-state index contributed by atoms with van der Waals surface area (Å²) in [6, 6.07) is 2.14. The van der Waals surface area contributed by atoms with Crippen LogP contribution in [-0.4, -0.2) is 22.6 Å². The molecule has 2 atom stereocenters. The molecule has 1 fully saturated rings. The van der Waals surface area contributed by atoms with E-state index in [0.717, 1.165) is 6.42 Å². The number of aryl methyl sites for hydroxylation is 1. The maximum Gasteiger partial charge on any atom is 0.253 e. The first-order valence-electron chi connectivity index (χ1n) is 4.35. The molecular formula is C9H13N3O. The molecule has 2 unspecified atom stereocenters. The summed E-state index contributed by atoms with van der Waals surface area (Å²) >= 11 is 0. The van der Waals surface area contributed by atoms with Crippen molar-refractivity contribution < 1.29 is 4.79 Å². The van der Waals surface area contributed by atoms with Gasteiger partial charge < -0.3 is 15.6 Å². The first-order valence-corrected chi connectivity index (χ1v) is 4.35. The number of nitrogens with one attached hydrogen (secondary N) is 1. The van der Waals surface area contributed by atoms with Crippen molar-refractivity contribution in [2.75, 3.05) is 0 Å². The molecule has 4 nitrogen and oxygen atoms in total. The molecule has 70 valence electrons. The number of rotatable bonds is 2. The highest BCUT2D eigenvalue weighted by Crippen LogP contribution is 2.18. The van der Waals surface area contributed by atoms with E-state index < -0.39 is 0 Å². The van der Waals surface area contributed by atoms with Crippen molar-refractivity contribution in [1.82, 2.24) is 9.88 Å². The Hall–Kier alpha value is -1.29. The lowest BCUT2D eigenvalue weighted by Crippen LogP contribution is -2.29. The minimum atomic E-state index is -0.0291. The fourth-order valence-electron chi connectivity index (χ4n) is 1.27. The van der Waals surface area contributed by atoms with E-state index in [1.807, 2.05) is 17.8 Å². The molecule has 0 spiro atoms. The summed E-state index contributed by atoms with van der Waals surface area (Å²) in [5, 5.41) is 2.86. The summed E-state index contributed by atoms with van der Waals surface area (Å²) in [6.45, 7) is 0. The van der Waals surface area contributed by atoms with Crippen LogP contribution in [0.1, 0.15) is 16.8 Å². The first kappa shape index (κ1) is 8.31. The van der Waals surface area contributed by atoms with E-state index in [-0.39, 0.29) is 18.0 Å². The van der Waals surface area contributed by atoms with Crippen LogP contribution in [0.4, 0.5) is 0 Å². The highest BCUT2D eigenvalue weighted by Gasteiger charge is 2.34. The summed E-state index contributed by atoms with van der Waals surface area (Å²) in [5.74, 6) is -0.0291. The molecule has 1 heterocycles. The third-order valence-electron chi connectivity index (χ3n) is 2.25. The Labute approximate surface area is 76.7 Å². The van der Waals surface area contributed by atoms with Gasteiger partial charge in [-0.2, -0.15) is 0 Å². The van der Waals surface area contributed by atoms with Crippen LogP contribution in [-0.2, 0) is 7.05 Å². The van der Waals surface area contributed by atoms with Gasteiger partial charge in [-0.3, -0.25) is 4.79 Å². The molecule has 3 N–H and O–H groups in total. The predicted octanol–water partition coefficient (Wildman–Crippen LogP) is -0.145. The molecule has 0 saturated heterocycles. The van der Waals surface area contributed by atoms with Gasteiger partial charge in [-0.1, -0.05) is 0 Å². The molecular weight excluding hydrogens is 166 g/mol. The van der Waals surface area contributed by atoms with E-state index in [0.29, 0.717) is 5.56 Å². The molecule has 1 aliphatic carbocycles. The van der Waals surface area contributed by atoms with Gasteiger partial charge in [0.25, 0.3) is 5.91 Å². The topological polar surface area (TPSA) is 60.0 Å². The Bertz CT molecular complexity index is 331. The van der Waals surface area contributed by atoms with Gasteiger partial charge in [0.15, 0.2) is 0 Å². The van der Waals surface area contributed by atoms with Gasteiger partial charge in [0.1, 0.15) is 0 Å². The minimum Gasteiger partial charge on any atom is -0.356 e. The van der Waals surface area contributed by atoms with Crippen LogP contribution in [0.15, 0.2) is 18.5 Å². The summed E-state index contributed by atoms with van der Waals surface area (Å²) < 4.78 is 1.85. The summed E-state index contributed by atoms with van der Waals surface area (Å²) in [7, 11) is 1.89. The lowest BCUT2D eigenvalue weighted by atomic mass is 10.3. The van der Waals surface area contributed by atoms with Crippen molar-refractivity contribution in [1.29, 1.82) is 0 Å². The Morgan fingerprint density at radius 2 is 2.46 bits per heavy atom. The van der Waals surface area contributed by atoms with Gasteiger partial charge in [-0.15, -0.1) is 0 Å². The number of nitrogens with two attached hydrogens (primary N) is 1. The maximum atomic E-state index is 11.5. The zero-order valence-corrected chi connectivity index (χ0v) is 7.53. The predicted molar refractivity (Wildman–Crippen MR) is 49.3 cm³/mol. The van der Waals surface area contributed by atoms with Gasteiger partial charge in [0, 0.05) is 31.5 Å². The maximum absolute atomic E-state index is 11.5. The molecule has 0 bridgehead atoms. The Morgan fingerprint density at radius 3 is 2.92 bits per heavy atom. The third-order valence-corrected chi connectivity index (χ3v) is 2.25. The highest BCUT2D eigenvalue weighted by atomic mass is 16.1. The highest BCUT2D eigenvalue weighted by molar-refractivity contribution is 5.94. The van der Waals surface area contributed by atoms with Crippen molar-refractivity contribution in [3.63, 3.8) is 0 Å². The standard InChI is InChI=1S/C9H13N3O/c1-12-3-2-6(5-12)9(13)11-8-4-7(8)10/h2-3,5,7-8H,4,10H2,1H3,(H,11,13). The summed E-state index contributed by atoms with van der Waals surface area (Å²) in [5.41, 5.74) is 6.27. The third kappa shape index (κ3) is 1.72. The molecule has 1 aromatic rings. The largest absolute Gasteiger partial charge is 0.356 e.